The summed E-state index contributed by atoms with van der Waals surface area (Å²) >= 11 is 0. The van der Waals surface area contributed by atoms with Crippen LogP contribution in [0.1, 0.15) is 55.6 Å². The number of imide groups is 1. The van der Waals surface area contributed by atoms with Crippen LogP contribution in [0.5, 0.6) is 0 Å². The van der Waals surface area contributed by atoms with Gasteiger partial charge in [0.05, 0.1) is 30.0 Å². The lowest BCUT2D eigenvalue weighted by Crippen LogP contribution is -2.29. The van der Waals surface area contributed by atoms with Crippen molar-refractivity contribution in [2.24, 2.45) is 0 Å². The van der Waals surface area contributed by atoms with Crippen molar-refractivity contribution in [3.63, 3.8) is 0 Å². The Hall–Kier alpha value is -4.27. The first-order chi connectivity index (χ1) is 15.0. The molecule has 5 rings (SSSR count). The van der Waals surface area contributed by atoms with Gasteiger partial charge in [0.15, 0.2) is 11.5 Å². The first kappa shape index (κ1) is 18.7. The van der Waals surface area contributed by atoms with Gasteiger partial charge in [0.2, 0.25) is 0 Å². The predicted octanol–water partition coefficient (Wildman–Crippen LogP) is 2.61. The Kier molecular flexibility index (Phi) is 4.36. The van der Waals surface area contributed by atoms with E-state index in [-0.39, 0.29) is 29.1 Å². The second-order valence-corrected chi connectivity index (χ2v) is 7.22. The fraction of sp³-hybridized carbons (Fsp3) is 0.136. The zero-order valence-corrected chi connectivity index (χ0v) is 16.5. The molecule has 0 bridgehead atoms. The van der Waals surface area contributed by atoms with Gasteiger partial charge in [-0.05, 0) is 49.4 Å². The van der Waals surface area contributed by atoms with Crippen molar-refractivity contribution in [3.05, 3.63) is 89.3 Å². The summed E-state index contributed by atoms with van der Waals surface area (Å²) in [6, 6.07) is 13.0. The lowest BCUT2D eigenvalue weighted by Gasteiger charge is -2.13. The summed E-state index contributed by atoms with van der Waals surface area (Å²) in [6.07, 6.45) is 3.30. The van der Waals surface area contributed by atoms with E-state index in [2.05, 4.69) is 15.5 Å². The van der Waals surface area contributed by atoms with Gasteiger partial charge in [-0.3, -0.25) is 23.7 Å². The molecule has 3 aromatic heterocycles. The van der Waals surface area contributed by atoms with Gasteiger partial charge in [-0.15, -0.1) is 10.2 Å². The number of fused-ring (bicyclic) bond motifs is 2. The molecule has 1 aliphatic rings. The topological polar surface area (TPSA) is 110 Å². The van der Waals surface area contributed by atoms with Gasteiger partial charge in [-0.1, -0.05) is 6.07 Å². The number of furan rings is 1. The molecule has 9 nitrogen and oxygen atoms in total. The van der Waals surface area contributed by atoms with Crippen LogP contribution in [0.25, 0.3) is 5.65 Å². The minimum absolute atomic E-state index is 0.0396. The second kappa shape index (κ2) is 7.21. The molecule has 0 spiro atoms. The molecule has 1 atom stereocenters. The molecule has 3 amide bonds. The number of rotatable bonds is 5. The van der Waals surface area contributed by atoms with Crippen molar-refractivity contribution >= 4 is 23.4 Å². The monoisotopic (exact) mass is 415 g/mol. The van der Waals surface area contributed by atoms with E-state index in [0.717, 1.165) is 4.90 Å². The number of nitrogens with zero attached hydrogens (tertiary/aromatic N) is 4. The largest absolute Gasteiger partial charge is 0.467 e. The molecule has 0 aliphatic carbocycles. The Morgan fingerprint density at radius 1 is 1.06 bits per heavy atom. The summed E-state index contributed by atoms with van der Waals surface area (Å²) in [5.41, 5.74) is 1.42. The van der Waals surface area contributed by atoms with Gasteiger partial charge in [-0.25, -0.2) is 0 Å². The van der Waals surface area contributed by atoms with Crippen LogP contribution in [0.4, 0.5) is 0 Å². The van der Waals surface area contributed by atoms with Gasteiger partial charge in [0.25, 0.3) is 17.7 Å². The summed E-state index contributed by atoms with van der Waals surface area (Å²) in [5.74, 6) is -0.162. The predicted molar refractivity (Wildman–Crippen MR) is 108 cm³/mol. The van der Waals surface area contributed by atoms with Gasteiger partial charge >= 0.3 is 0 Å². The van der Waals surface area contributed by atoms with Crippen molar-refractivity contribution in [2.75, 3.05) is 0 Å². The summed E-state index contributed by atoms with van der Waals surface area (Å²) in [7, 11) is 0. The Bertz CT molecular complexity index is 1320. The van der Waals surface area contributed by atoms with E-state index >= 15 is 0 Å². The third kappa shape index (κ3) is 3.16. The minimum atomic E-state index is -0.456. The van der Waals surface area contributed by atoms with Gasteiger partial charge < -0.3 is 9.73 Å². The first-order valence-corrected chi connectivity index (χ1v) is 9.66. The highest BCUT2D eigenvalue weighted by atomic mass is 16.3. The molecule has 154 valence electrons. The van der Waals surface area contributed by atoms with Crippen LogP contribution in [0.3, 0.4) is 0 Å². The van der Waals surface area contributed by atoms with Gasteiger partial charge in [0.1, 0.15) is 5.76 Å². The van der Waals surface area contributed by atoms with Gasteiger partial charge in [-0.2, -0.15) is 0 Å². The molecule has 1 aliphatic heterocycles. The SMILES string of the molecule is CC(NC(=O)c1ccc2c(c1)C(=O)N(Cc1ccco1)C2=O)c1nnc2ccccn12. The second-order valence-electron chi connectivity index (χ2n) is 7.22. The third-order valence-electron chi connectivity index (χ3n) is 5.20. The van der Waals surface area contributed by atoms with E-state index in [1.165, 1.54) is 24.5 Å². The Labute approximate surface area is 176 Å². The number of carbonyl (C=O) groups is 3. The van der Waals surface area contributed by atoms with E-state index in [1.54, 1.807) is 23.5 Å². The van der Waals surface area contributed by atoms with Crippen molar-refractivity contribution < 1.29 is 18.8 Å². The lowest BCUT2D eigenvalue weighted by atomic mass is 10.1. The molecule has 9 heteroatoms. The van der Waals surface area contributed by atoms with E-state index in [9.17, 15) is 14.4 Å². The normalized spacial score (nSPS) is 14.2. The fourth-order valence-electron chi connectivity index (χ4n) is 3.63. The van der Waals surface area contributed by atoms with Crippen LogP contribution in [-0.2, 0) is 6.54 Å². The molecule has 0 fully saturated rings. The lowest BCUT2D eigenvalue weighted by molar-refractivity contribution is 0.0631. The number of amides is 3. The maximum atomic E-state index is 12.8. The maximum Gasteiger partial charge on any atom is 0.261 e. The van der Waals surface area contributed by atoms with Crippen molar-refractivity contribution in [3.8, 4) is 0 Å². The van der Waals surface area contributed by atoms with Crippen LogP contribution < -0.4 is 5.32 Å². The van der Waals surface area contributed by atoms with Crippen molar-refractivity contribution in [1.82, 2.24) is 24.8 Å². The summed E-state index contributed by atoms with van der Waals surface area (Å²) in [4.78, 5) is 39.3. The van der Waals surface area contributed by atoms with Crippen LogP contribution in [-0.4, -0.2) is 37.2 Å². The molecule has 0 radical (unpaired) electrons. The van der Waals surface area contributed by atoms with Gasteiger partial charge in [0, 0.05) is 11.8 Å². The fourth-order valence-corrected chi connectivity index (χ4v) is 3.63. The number of carbonyl (C=O) groups excluding carboxylic acids is 3. The van der Waals surface area contributed by atoms with Crippen LogP contribution in [0.15, 0.2) is 65.4 Å². The molecule has 1 unspecified atom stereocenters. The van der Waals surface area contributed by atoms with E-state index in [1.807, 2.05) is 24.4 Å². The highest BCUT2D eigenvalue weighted by molar-refractivity contribution is 6.22. The molecule has 0 saturated heterocycles. The zero-order chi connectivity index (χ0) is 21.5. The van der Waals surface area contributed by atoms with Crippen LogP contribution in [0.2, 0.25) is 0 Å². The molecule has 1 aromatic carbocycles. The molecule has 4 heterocycles. The highest BCUT2D eigenvalue weighted by Gasteiger charge is 2.36. The Morgan fingerprint density at radius 2 is 1.90 bits per heavy atom. The number of hydrogen-bond acceptors (Lipinski definition) is 6. The standard InChI is InChI=1S/C22H17N5O4/c1-13(19-25-24-18-6-2-3-9-26(18)19)23-20(28)14-7-8-16-17(11-14)22(30)27(21(16)29)12-15-5-4-10-31-15/h2-11,13H,12H2,1H3,(H,23,28). The molecular formula is C22H17N5O4. The van der Waals surface area contributed by atoms with E-state index in [4.69, 9.17) is 4.42 Å². The average Bonchev–Trinajstić information content (AvgIpc) is 3.50. The average molecular weight is 415 g/mol. The number of benzene rings is 1. The Morgan fingerprint density at radius 3 is 2.71 bits per heavy atom. The molecular weight excluding hydrogens is 398 g/mol. The van der Waals surface area contributed by atoms with Crippen LogP contribution in [0, 0.1) is 0 Å². The highest BCUT2D eigenvalue weighted by Crippen LogP contribution is 2.26. The van der Waals surface area contributed by atoms with E-state index < -0.39 is 17.9 Å². The Balaban J connectivity index is 1.36. The number of pyridine rings is 1. The summed E-state index contributed by atoms with van der Waals surface area (Å²) in [5, 5.41) is 11.1. The summed E-state index contributed by atoms with van der Waals surface area (Å²) < 4.78 is 7.03. The maximum absolute atomic E-state index is 12.8. The molecule has 1 N–H and O–H groups in total. The van der Waals surface area contributed by atoms with E-state index in [0.29, 0.717) is 17.2 Å². The number of nitrogens with one attached hydrogen (secondary N) is 1. The van der Waals surface area contributed by atoms with Crippen molar-refractivity contribution in [2.45, 2.75) is 19.5 Å². The minimum Gasteiger partial charge on any atom is -0.467 e. The molecule has 4 aromatic rings. The van der Waals surface area contributed by atoms with Crippen LogP contribution >= 0.6 is 0 Å². The summed E-state index contributed by atoms with van der Waals surface area (Å²) in [6.45, 7) is 1.84. The van der Waals surface area contributed by atoms with Crippen molar-refractivity contribution in [1.29, 1.82) is 0 Å². The number of hydrogen-bond donors (Lipinski definition) is 1. The molecule has 31 heavy (non-hydrogen) atoms. The first-order valence-electron chi connectivity index (χ1n) is 9.66. The third-order valence-corrected chi connectivity index (χ3v) is 5.20. The quantitative estimate of drug-likeness (QED) is 0.502. The molecule has 0 saturated carbocycles. The zero-order valence-electron chi connectivity index (χ0n) is 16.5. The number of aromatic nitrogens is 3. The smallest absolute Gasteiger partial charge is 0.261 e.